The van der Waals surface area contributed by atoms with Gasteiger partial charge in [-0.3, -0.25) is 19.7 Å². The first-order valence-electron chi connectivity index (χ1n) is 5.30. The van der Waals surface area contributed by atoms with Crippen LogP contribution < -0.4 is 11.1 Å². The molecule has 3 amide bonds. The van der Waals surface area contributed by atoms with E-state index in [9.17, 15) is 14.4 Å². The van der Waals surface area contributed by atoms with Gasteiger partial charge in [-0.25, -0.2) is 4.98 Å². The number of hydrogen-bond donors (Lipinski definition) is 2. The molecular formula is C10H12N4O3S. The van der Waals surface area contributed by atoms with Crippen LogP contribution in [0.15, 0.2) is 5.38 Å². The molecule has 7 nitrogen and oxygen atoms in total. The zero-order chi connectivity index (χ0) is 13.3. The Hall–Kier alpha value is -1.96. The molecule has 1 aromatic rings. The Bertz CT molecular complexity index is 513. The number of carbonyl (C=O) groups excluding carboxylic acids is 3. The number of hydrogen-bond acceptors (Lipinski definition) is 6. The van der Waals surface area contributed by atoms with E-state index in [1.807, 2.05) is 0 Å². The molecule has 2 rings (SSSR count). The van der Waals surface area contributed by atoms with Crippen LogP contribution in [0.3, 0.4) is 0 Å². The summed E-state index contributed by atoms with van der Waals surface area (Å²) in [6.07, 6.45) is 0.0403. The van der Waals surface area contributed by atoms with Gasteiger partial charge in [-0.05, 0) is 6.92 Å². The zero-order valence-electron chi connectivity index (χ0n) is 9.67. The van der Waals surface area contributed by atoms with E-state index in [4.69, 9.17) is 5.73 Å². The van der Waals surface area contributed by atoms with E-state index in [0.717, 1.165) is 0 Å². The number of aromatic nitrogens is 1. The lowest BCUT2D eigenvalue weighted by Gasteiger charge is -2.31. The summed E-state index contributed by atoms with van der Waals surface area (Å²) >= 11 is 1.24. The minimum atomic E-state index is -0.647. The van der Waals surface area contributed by atoms with E-state index in [2.05, 4.69) is 10.3 Å². The number of amides is 3. The number of carbonyl (C=O) groups is 3. The highest BCUT2D eigenvalue weighted by Crippen LogP contribution is 2.14. The molecule has 1 fully saturated rings. The second-order valence-electron chi connectivity index (χ2n) is 3.96. The van der Waals surface area contributed by atoms with Gasteiger partial charge in [-0.15, -0.1) is 11.3 Å². The molecule has 1 unspecified atom stereocenters. The van der Waals surface area contributed by atoms with Gasteiger partial charge in [0.25, 0.3) is 0 Å². The maximum Gasteiger partial charge on any atom is 0.249 e. The lowest BCUT2D eigenvalue weighted by Crippen LogP contribution is -2.58. The van der Waals surface area contributed by atoms with Crippen molar-refractivity contribution in [2.24, 2.45) is 0 Å². The standard InChI is InChI=1S/C10H12N4O3S/c1-5-9(17)13-7(15)3-14(5)8(16)2-6-4-18-10(11)12-6/h4-5H,2-3H2,1H3,(H2,11,12)(H,13,15,17). The highest BCUT2D eigenvalue weighted by molar-refractivity contribution is 7.13. The Balaban J connectivity index is 2.08. The number of nitrogens with zero attached hydrogens (tertiary/aromatic N) is 2. The van der Waals surface area contributed by atoms with Gasteiger partial charge in [0, 0.05) is 5.38 Å². The molecule has 0 aromatic carbocycles. The fraction of sp³-hybridized carbons (Fsp3) is 0.400. The fourth-order valence-corrected chi connectivity index (χ4v) is 2.24. The normalized spacial score (nSPS) is 19.8. The Morgan fingerprint density at radius 3 is 3.00 bits per heavy atom. The summed E-state index contributed by atoms with van der Waals surface area (Å²) in [7, 11) is 0. The SMILES string of the molecule is CC1C(=O)NC(=O)CN1C(=O)Cc1csc(N)n1. The number of nitrogens with one attached hydrogen (secondary N) is 1. The molecule has 0 bridgehead atoms. The fourth-order valence-electron chi connectivity index (χ4n) is 1.68. The van der Waals surface area contributed by atoms with Crippen LogP contribution in [-0.2, 0) is 20.8 Å². The van der Waals surface area contributed by atoms with Crippen molar-refractivity contribution >= 4 is 34.2 Å². The first-order chi connectivity index (χ1) is 8.47. The van der Waals surface area contributed by atoms with Gasteiger partial charge in [-0.1, -0.05) is 0 Å². The van der Waals surface area contributed by atoms with Crippen LogP contribution in [0.4, 0.5) is 5.13 Å². The van der Waals surface area contributed by atoms with Gasteiger partial charge in [0.1, 0.15) is 12.6 Å². The second-order valence-corrected chi connectivity index (χ2v) is 4.85. The van der Waals surface area contributed by atoms with Crippen molar-refractivity contribution in [3.8, 4) is 0 Å². The maximum absolute atomic E-state index is 12.0. The van der Waals surface area contributed by atoms with Crippen LogP contribution in [0.1, 0.15) is 12.6 Å². The summed E-state index contributed by atoms with van der Waals surface area (Å²) in [4.78, 5) is 39.9. The van der Waals surface area contributed by atoms with Crippen LogP contribution >= 0.6 is 11.3 Å². The molecule has 3 N–H and O–H groups in total. The summed E-state index contributed by atoms with van der Waals surface area (Å²) < 4.78 is 0. The van der Waals surface area contributed by atoms with Gasteiger partial charge in [0.15, 0.2) is 5.13 Å². The molecule has 0 aliphatic carbocycles. The van der Waals surface area contributed by atoms with Crippen LogP contribution in [0.25, 0.3) is 0 Å². The number of thiazole rings is 1. The molecular weight excluding hydrogens is 256 g/mol. The predicted octanol–water partition coefficient (Wildman–Crippen LogP) is -0.859. The van der Waals surface area contributed by atoms with E-state index in [1.165, 1.54) is 16.2 Å². The van der Waals surface area contributed by atoms with Crippen molar-refractivity contribution in [3.63, 3.8) is 0 Å². The van der Waals surface area contributed by atoms with E-state index < -0.39 is 17.9 Å². The van der Waals surface area contributed by atoms with Crippen molar-refractivity contribution in [2.45, 2.75) is 19.4 Å². The van der Waals surface area contributed by atoms with Gasteiger partial charge in [-0.2, -0.15) is 0 Å². The summed E-state index contributed by atoms with van der Waals surface area (Å²) in [5.41, 5.74) is 6.02. The smallest absolute Gasteiger partial charge is 0.249 e. The second kappa shape index (κ2) is 4.73. The van der Waals surface area contributed by atoms with Crippen LogP contribution in [0.5, 0.6) is 0 Å². The summed E-state index contributed by atoms with van der Waals surface area (Å²) in [6, 6.07) is -0.647. The van der Waals surface area contributed by atoms with Crippen molar-refractivity contribution in [3.05, 3.63) is 11.1 Å². The first kappa shape index (κ1) is 12.5. The minimum Gasteiger partial charge on any atom is -0.375 e. The molecule has 1 aliphatic rings. The summed E-state index contributed by atoms with van der Waals surface area (Å²) in [5, 5.41) is 4.25. The van der Waals surface area contributed by atoms with Crippen molar-refractivity contribution in [2.75, 3.05) is 12.3 Å². The first-order valence-corrected chi connectivity index (χ1v) is 6.18. The molecule has 1 aromatic heterocycles. The van der Waals surface area contributed by atoms with E-state index >= 15 is 0 Å². The van der Waals surface area contributed by atoms with Gasteiger partial charge in [0.2, 0.25) is 17.7 Å². The third-order valence-electron chi connectivity index (χ3n) is 2.65. The number of nitrogen functional groups attached to an aromatic ring is 1. The van der Waals surface area contributed by atoms with Gasteiger partial charge in [0.05, 0.1) is 12.1 Å². The maximum atomic E-state index is 12.0. The largest absolute Gasteiger partial charge is 0.375 e. The number of rotatable bonds is 2. The average Bonchev–Trinajstić information content (AvgIpc) is 2.69. The minimum absolute atomic E-state index is 0.0403. The highest BCUT2D eigenvalue weighted by Gasteiger charge is 2.33. The van der Waals surface area contributed by atoms with Crippen molar-refractivity contribution < 1.29 is 14.4 Å². The highest BCUT2D eigenvalue weighted by atomic mass is 32.1. The monoisotopic (exact) mass is 268 g/mol. The van der Waals surface area contributed by atoms with E-state index in [-0.39, 0.29) is 18.9 Å². The van der Waals surface area contributed by atoms with Crippen molar-refractivity contribution in [1.82, 2.24) is 15.2 Å². The molecule has 18 heavy (non-hydrogen) atoms. The summed E-state index contributed by atoms with van der Waals surface area (Å²) in [5.74, 6) is -1.24. The molecule has 0 spiro atoms. The van der Waals surface area contributed by atoms with Gasteiger partial charge >= 0.3 is 0 Å². The van der Waals surface area contributed by atoms with Crippen LogP contribution in [-0.4, -0.2) is 40.2 Å². The molecule has 1 atom stereocenters. The van der Waals surface area contributed by atoms with Gasteiger partial charge < -0.3 is 10.6 Å². The summed E-state index contributed by atoms with van der Waals surface area (Å²) in [6.45, 7) is 1.47. The number of nitrogens with two attached hydrogens (primary N) is 1. The zero-order valence-corrected chi connectivity index (χ0v) is 10.5. The van der Waals surface area contributed by atoms with Crippen LogP contribution in [0.2, 0.25) is 0 Å². The lowest BCUT2D eigenvalue weighted by atomic mass is 10.1. The number of imide groups is 1. The van der Waals surface area contributed by atoms with E-state index in [1.54, 1.807) is 12.3 Å². The Labute approximate surface area is 107 Å². The third kappa shape index (κ3) is 2.48. The topological polar surface area (TPSA) is 105 Å². The molecule has 1 aliphatic heterocycles. The molecule has 2 heterocycles. The Kier molecular flexibility index (Phi) is 3.28. The van der Waals surface area contributed by atoms with Crippen LogP contribution in [0, 0.1) is 0 Å². The predicted molar refractivity (Wildman–Crippen MR) is 64.6 cm³/mol. The third-order valence-corrected chi connectivity index (χ3v) is 3.37. The molecule has 96 valence electrons. The number of piperazine rings is 1. The average molecular weight is 268 g/mol. The number of anilines is 1. The Morgan fingerprint density at radius 1 is 1.67 bits per heavy atom. The quantitative estimate of drug-likeness (QED) is 0.679. The van der Waals surface area contributed by atoms with Crippen molar-refractivity contribution in [1.29, 1.82) is 0 Å². The molecule has 0 radical (unpaired) electrons. The Morgan fingerprint density at radius 2 is 2.39 bits per heavy atom. The lowest BCUT2D eigenvalue weighted by molar-refractivity contribution is -0.149. The molecule has 8 heteroatoms. The molecule has 0 saturated carbocycles. The molecule has 1 saturated heterocycles. The van der Waals surface area contributed by atoms with E-state index in [0.29, 0.717) is 10.8 Å².